The van der Waals surface area contributed by atoms with E-state index in [1.54, 1.807) is 13.8 Å². The number of anilines is 1. The first-order valence-corrected chi connectivity index (χ1v) is 10.3. The number of guanidine groups is 1. The molecule has 0 saturated carbocycles. The molecule has 0 heterocycles. The standard InChI is InChI=1S/C16H23F3N4O3S/c1-4-20-16(22-10(2)7-8-27(3,25)26)21-9-13(24)23-12-6-5-11(17)14(18)15(12)19/h5-6,10H,4,7-9H2,1-3H3,(H,23,24)(H2,20,21,22). The van der Waals surface area contributed by atoms with Crippen LogP contribution in [-0.4, -0.2) is 51.4 Å². The lowest BCUT2D eigenvalue weighted by Gasteiger charge is -2.17. The molecule has 3 N–H and O–H groups in total. The molecule has 0 aliphatic carbocycles. The largest absolute Gasteiger partial charge is 0.357 e. The zero-order valence-corrected chi connectivity index (χ0v) is 16.1. The van der Waals surface area contributed by atoms with Gasteiger partial charge in [-0.25, -0.2) is 26.6 Å². The second-order valence-corrected chi connectivity index (χ2v) is 8.19. The number of sulfone groups is 1. The Balaban J connectivity index is 2.69. The Morgan fingerprint density at radius 3 is 2.48 bits per heavy atom. The molecule has 0 aliphatic heterocycles. The fourth-order valence-electron chi connectivity index (χ4n) is 1.98. The van der Waals surface area contributed by atoms with Crippen LogP contribution in [-0.2, 0) is 14.6 Å². The molecule has 27 heavy (non-hydrogen) atoms. The Morgan fingerprint density at radius 1 is 1.22 bits per heavy atom. The minimum atomic E-state index is -3.10. The Bertz CT molecular complexity index is 800. The maximum absolute atomic E-state index is 13.6. The number of hydrogen-bond acceptors (Lipinski definition) is 4. The molecule has 1 aromatic carbocycles. The van der Waals surface area contributed by atoms with Crippen LogP contribution in [0.5, 0.6) is 0 Å². The van der Waals surface area contributed by atoms with Gasteiger partial charge in [-0.2, -0.15) is 0 Å². The van der Waals surface area contributed by atoms with E-state index < -0.39 is 45.4 Å². The van der Waals surface area contributed by atoms with Gasteiger partial charge in [0, 0.05) is 18.8 Å². The van der Waals surface area contributed by atoms with Crippen molar-refractivity contribution in [1.82, 2.24) is 10.6 Å². The van der Waals surface area contributed by atoms with Gasteiger partial charge in [-0.1, -0.05) is 0 Å². The molecule has 0 aromatic heterocycles. The summed E-state index contributed by atoms with van der Waals surface area (Å²) in [6.07, 6.45) is 1.48. The molecule has 0 fully saturated rings. The quantitative estimate of drug-likeness (QED) is 0.343. The van der Waals surface area contributed by atoms with Crippen LogP contribution in [0.25, 0.3) is 0 Å². The monoisotopic (exact) mass is 408 g/mol. The number of halogens is 3. The van der Waals surface area contributed by atoms with Gasteiger partial charge >= 0.3 is 0 Å². The molecule has 0 bridgehead atoms. The van der Waals surface area contributed by atoms with E-state index in [2.05, 4.69) is 20.9 Å². The van der Waals surface area contributed by atoms with E-state index in [1.807, 2.05) is 0 Å². The summed E-state index contributed by atoms with van der Waals surface area (Å²) in [5.74, 6) is -5.00. The van der Waals surface area contributed by atoms with Crippen molar-refractivity contribution in [2.24, 2.45) is 4.99 Å². The summed E-state index contributed by atoms with van der Waals surface area (Å²) in [4.78, 5) is 15.9. The Kier molecular flexibility index (Phi) is 8.54. The maximum Gasteiger partial charge on any atom is 0.246 e. The van der Waals surface area contributed by atoms with Crippen LogP contribution < -0.4 is 16.0 Å². The van der Waals surface area contributed by atoms with Gasteiger partial charge in [0.25, 0.3) is 0 Å². The third-order valence-corrected chi connectivity index (χ3v) is 4.32. The minimum Gasteiger partial charge on any atom is -0.357 e. The number of hydrogen-bond donors (Lipinski definition) is 3. The molecule has 1 rings (SSSR count). The van der Waals surface area contributed by atoms with Crippen LogP contribution in [0.3, 0.4) is 0 Å². The fourth-order valence-corrected chi connectivity index (χ4v) is 2.76. The van der Waals surface area contributed by atoms with Gasteiger partial charge in [0.1, 0.15) is 16.4 Å². The average molecular weight is 408 g/mol. The van der Waals surface area contributed by atoms with Crippen molar-refractivity contribution in [1.29, 1.82) is 0 Å². The molecule has 0 aliphatic rings. The molecule has 7 nitrogen and oxygen atoms in total. The lowest BCUT2D eigenvalue weighted by molar-refractivity contribution is -0.114. The summed E-state index contributed by atoms with van der Waals surface area (Å²) in [6, 6.07) is 1.38. The van der Waals surface area contributed by atoms with E-state index >= 15 is 0 Å². The topological polar surface area (TPSA) is 99.7 Å². The van der Waals surface area contributed by atoms with Crippen molar-refractivity contribution in [2.75, 3.05) is 30.4 Å². The Hall–Kier alpha value is -2.30. The van der Waals surface area contributed by atoms with Crippen LogP contribution >= 0.6 is 0 Å². The smallest absolute Gasteiger partial charge is 0.246 e. The molecule has 1 atom stereocenters. The predicted octanol–water partition coefficient (Wildman–Crippen LogP) is 1.42. The predicted molar refractivity (Wildman–Crippen MR) is 97.8 cm³/mol. The highest BCUT2D eigenvalue weighted by Crippen LogP contribution is 2.19. The SMILES string of the molecule is CCNC(=NCC(=O)Nc1ccc(F)c(F)c1F)NC(C)CCS(C)(=O)=O. The van der Waals surface area contributed by atoms with Gasteiger partial charge in [0.05, 0.1) is 11.4 Å². The van der Waals surface area contributed by atoms with Crippen LogP contribution in [0.1, 0.15) is 20.3 Å². The van der Waals surface area contributed by atoms with Crippen molar-refractivity contribution in [2.45, 2.75) is 26.3 Å². The zero-order chi connectivity index (χ0) is 20.6. The molecule has 1 unspecified atom stereocenters. The minimum absolute atomic E-state index is 0.00351. The third kappa shape index (κ3) is 8.29. The number of carbonyl (C=O) groups excluding carboxylic acids is 1. The van der Waals surface area contributed by atoms with Gasteiger partial charge in [-0.3, -0.25) is 4.79 Å². The number of carbonyl (C=O) groups is 1. The average Bonchev–Trinajstić information content (AvgIpc) is 2.58. The number of aliphatic imine (C=N–C) groups is 1. The van der Waals surface area contributed by atoms with Crippen LogP contribution in [0.15, 0.2) is 17.1 Å². The van der Waals surface area contributed by atoms with E-state index in [0.29, 0.717) is 19.0 Å². The van der Waals surface area contributed by atoms with Crippen molar-refractivity contribution in [3.8, 4) is 0 Å². The van der Waals surface area contributed by atoms with Gasteiger partial charge in [0.15, 0.2) is 23.4 Å². The third-order valence-electron chi connectivity index (χ3n) is 3.34. The Labute approximate surface area is 156 Å². The molecule has 0 radical (unpaired) electrons. The second kappa shape index (κ2) is 10.1. The summed E-state index contributed by atoms with van der Waals surface area (Å²) in [5, 5.41) is 7.94. The highest BCUT2D eigenvalue weighted by atomic mass is 32.2. The lowest BCUT2D eigenvalue weighted by atomic mass is 10.2. The first kappa shape index (κ1) is 22.7. The normalized spacial score (nSPS) is 13.2. The number of benzene rings is 1. The van der Waals surface area contributed by atoms with Crippen LogP contribution in [0.4, 0.5) is 18.9 Å². The summed E-state index contributed by atoms with van der Waals surface area (Å²) >= 11 is 0. The highest BCUT2D eigenvalue weighted by Gasteiger charge is 2.15. The summed E-state index contributed by atoms with van der Waals surface area (Å²) in [6.45, 7) is 3.64. The molecule has 0 spiro atoms. The van der Waals surface area contributed by atoms with Gasteiger partial charge in [0.2, 0.25) is 5.91 Å². The lowest BCUT2D eigenvalue weighted by Crippen LogP contribution is -2.43. The maximum atomic E-state index is 13.6. The zero-order valence-electron chi connectivity index (χ0n) is 15.3. The summed E-state index contributed by atoms with van der Waals surface area (Å²) in [7, 11) is -3.10. The first-order chi connectivity index (χ1) is 12.5. The summed E-state index contributed by atoms with van der Waals surface area (Å²) in [5.41, 5.74) is -0.492. The van der Waals surface area contributed by atoms with Crippen molar-refractivity contribution in [3.05, 3.63) is 29.6 Å². The van der Waals surface area contributed by atoms with Crippen LogP contribution in [0.2, 0.25) is 0 Å². The summed E-state index contributed by atoms with van der Waals surface area (Å²) < 4.78 is 62.0. The second-order valence-electron chi connectivity index (χ2n) is 5.93. The first-order valence-electron chi connectivity index (χ1n) is 8.19. The van der Waals surface area contributed by atoms with Crippen LogP contribution in [0, 0.1) is 17.5 Å². The van der Waals surface area contributed by atoms with Gasteiger partial charge in [-0.05, 0) is 32.4 Å². The molecule has 1 amide bonds. The molecular formula is C16H23F3N4O3S. The van der Waals surface area contributed by atoms with E-state index in [1.165, 1.54) is 0 Å². The highest BCUT2D eigenvalue weighted by molar-refractivity contribution is 7.90. The molecule has 11 heteroatoms. The Morgan fingerprint density at radius 2 is 1.89 bits per heavy atom. The molecule has 0 saturated heterocycles. The number of nitrogens with zero attached hydrogens (tertiary/aromatic N) is 1. The molecule has 152 valence electrons. The van der Waals surface area contributed by atoms with Gasteiger partial charge < -0.3 is 16.0 Å². The number of amides is 1. The molecular weight excluding hydrogens is 385 g/mol. The van der Waals surface area contributed by atoms with Crippen molar-refractivity contribution >= 4 is 27.4 Å². The fraction of sp³-hybridized carbons (Fsp3) is 0.500. The number of nitrogens with one attached hydrogen (secondary N) is 3. The van der Waals surface area contributed by atoms with E-state index in [0.717, 1.165) is 12.3 Å². The van der Waals surface area contributed by atoms with Crippen molar-refractivity contribution < 1.29 is 26.4 Å². The van der Waals surface area contributed by atoms with E-state index in [-0.39, 0.29) is 17.8 Å². The van der Waals surface area contributed by atoms with E-state index in [9.17, 15) is 26.4 Å². The molecule has 1 aromatic rings. The van der Waals surface area contributed by atoms with E-state index in [4.69, 9.17) is 0 Å². The van der Waals surface area contributed by atoms with Crippen molar-refractivity contribution in [3.63, 3.8) is 0 Å². The number of rotatable bonds is 8. The van der Waals surface area contributed by atoms with Gasteiger partial charge in [-0.15, -0.1) is 0 Å².